The summed E-state index contributed by atoms with van der Waals surface area (Å²) >= 11 is 13.1. The van der Waals surface area contributed by atoms with Crippen molar-refractivity contribution in [3.8, 4) is 0 Å². The molecule has 3 rings (SSSR count). The number of rotatable bonds is 4. The Morgan fingerprint density at radius 1 is 1.12 bits per heavy atom. The lowest BCUT2D eigenvalue weighted by Crippen LogP contribution is -2.23. The van der Waals surface area contributed by atoms with Gasteiger partial charge < -0.3 is 5.32 Å². The van der Waals surface area contributed by atoms with Crippen LogP contribution in [0.3, 0.4) is 0 Å². The van der Waals surface area contributed by atoms with Crippen molar-refractivity contribution in [3.05, 3.63) is 52.0 Å². The number of carbonyl (C=O) groups excluding carboxylic acids is 1. The summed E-state index contributed by atoms with van der Waals surface area (Å²) in [6, 6.07) is 8.89. The lowest BCUT2D eigenvalue weighted by Gasteiger charge is -2.08. The number of aromatic nitrogens is 1. The molecule has 5 nitrogen and oxygen atoms in total. The average Bonchev–Trinajstić information content (AvgIpc) is 3.01. The van der Waals surface area contributed by atoms with Crippen LogP contribution in [-0.2, 0) is 14.6 Å². The summed E-state index contributed by atoms with van der Waals surface area (Å²) in [6.45, 7) is 0. The summed E-state index contributed by atoms with van der Waals surface area (Å²) < 4.78 is 25.2. The molecule has 9 heteroatoms. The third-order valence-corrected chi connectivity index (χ3v) is 6.25. The summed E-state index contributed by atoms with van der Waals surface area (Å²) in [7, 11) is -3.75. The number of benzene rings is 2. The fourth-order valence-electron chi connectivity index (χ4n) is 2.10. The summed E-state index contributed by atoms with van der Waals surface area (Å²) in [5, 5.41) is 3.50. The van der Waals surface area contributed by atoms with E-state index in [0.29, 0.717) is 25.9 Å². The van der Waals surface area contributed by atoms with Crippen LogP contribution in [0.4, 0.5) is 5.69 Å². The lowest BCUT2D eigenvalue weighted by atomic mass is 10.3. The van der Waals surface area contributed by atoms with Crippen LogP contribution >= 0.6 is 34.5 Å². The minimum Gasteiger partial charge on any atom is -0.324 e. The average molecular weight is 401 g/mol. The summed E-state index contributed by atoms with van der Waals surface area (Å²) in [4.78, 5) is 16.3. The van der Waals surface area contributed by atoms with Crippen molar-refractivity contribution in [1.29, 1.82) is 0 Å². The van der Waals surface area contributed by atoms with Gasteiger partial charge in [0, 0.05) is 5.02 Å². The number of thiazole rings is 1. The fourth-order valence-corrected chi connectivity index (χ4v) is 4.41. The van der Waals surface area contributed by atoms with E-state index in [2.05, 4.69) is 10.3 Å². The maximum absolute atomic E-state index is 12.3. The first-order chi connectivity index (χ1) is 11.4. The van der Waals surface area contributed by atoms with Crippen LogP contribution in [-0.4, -0.2) is 25.1 Å². The van der Waals surface area contributed by atoms with E-state index in [0.717, 1.165) is 0 Å². The molecule has 0 saturated carbocycles. The summed E-state index contributed by atoms with van der Waals surface area (Å²) in [6.07, 6.45) is 0. The molecule has 0 aliphatic heterocycles. The van der Waals surface area contributed by atoms with E-state index in [1.807, 2.05) is 0 Å². The number of carbonyl (C=O) groups is 1. The molecule has 1 amide bonds. The molecule has 0 radical (unpaired) electrons. The maximum Gasteiger partial charge on any atom is 0.240 e. The van der Waals surface area contributed by atoms with E-state index in [-0.39, 0.29) is 4.90 Å². The molecule has 1 N–H and O–H groups in total. The van der Waals surface area contributed by atoms with Gasteiger partial charge >= 0.3 is 0 Å². The monoisotopic (exact) mass is 400 g/mol. The third kappa shape index (κ3) is 3.54. The van der Waals surface area contributed by atoms with Gasteiger partial charge in [-0.3, -0.25) is 4.79 Å². The molecule has 0 saturated heterocycles. The van der Waals surface area contributed by atoms with Gasteiger partial charge in [0.05, 0.1) is 25.8 Å². The Bertz CT molecular complexity index is 1010. The van der Waals surface area contributed by atoms with Gasteiger partial charge in [-0.2, -0.15) is 0 Å². The van der Waals surface area contributed by atoms with Crippen molar-refractivity contribution in [2.45, 2.75) is 4.90 Å². The minimum absolute atomic E-state index is 0.0427. The molecule has 2 aromatic carbocycles. The van der Waals surface area contributed by atoms with Crippen LogP contribution in [0.2, 0.25) is 10.0 Å². The Balaban J connectivity index is 1.81. The number of fused-ring (bicyclic) bond motifs is 1. The van der Waals surface area contributed by atoms with Gasteiger partial charge in [0.15, 0.2) is 9.84 Å². The molecule has 0 aliphatic rings. The molecule has 0 bridgehead atoms. The highest BCUT2D eigenvalue weighted by Crippen LogP contribution is 2.32. The second kappa shape index (κ2) is 6.68. The van der Waals surface area contributed by atoms with Crippen molar-refractivity contribution < 1.29 is 13.2 Å². The molecule has 124 valence electrons. The van der Waals surface area contributed by atoms with Crippen LogP contribution in [0.15, 0.2) is 46.8 Å². The molecule has 0 spiro atoms. The number of hydrogen-bond donors (Lipinski definition) is 1. The van der Waals surface area contributed by atoms with E-state index in [4.69, 9.17) is 23.2 Å². The zero-order chi connectivity index (χ0) is 17.3. The van der Waals surface area contributed by atoms with Crippen LogP contribution in [0.1, 0.15) is 0 Å². The van der Waals surface area contributed by atoms with Crippen molar-refractivity contribution in [2.75, 3.05) is 11.1 Å². The predicted molar refractivity (Wildman–Crippen MR) is 96.8 cm³/mol. The van der Waals surface area contributed by atoms with Crippen LogP contribution in [0, 0.1) is 0 Å². The second-order valence-electron chi connectivity index (χ2n) is 4.89. The minimum atomic E-state index is -3.75. The molecule has 0 atom stereocenters. The van der Waals surface area contributed by atoms with Gasteiger partial charge in [-0.15, -0.1) is 11.3 Å². The van der Waals surface area contributed by atoms with Crippen LogP contribution in [0.25, 0.3) is 10.2 Å². The number of nitrogens with one attached hydrogen (secondary N) is 1. The lowest BCUT2D eigenvalue weighted by molar-refractivity contribution is -0.113. The van der Waals surface area contributed by atoms with Gasteiger partial charge in [-0.1, -0.05) is 23.2 Å². The number of amides is 1. The van der Waals surface area contributed by atoms with Crippen molar-refractivity contribution in [3.63, 3.8) is 0 Å². The molecule has 0 unspecified atom stereocenters. The predicted octanol–water partition coefficient (Wildman–Crippen LogP) is 4.02. The van der Waals surface area contributed by atoms with Gasteiger partial charge in [0.25, 0.3) is 0 Å². The van der Waals surface area contributed by atoms with E-state index in [9.17, 15) is 13.2 Å². The highest BCUT2D eigenvalue weighted by molar-refractivity contribution is 7.92. The SMILES string of the molecule is O=C(CS(=O)(=O)c1ccc(Cl)cc1)Nc1ccc(Cl)c2ncsc12. The fraction of sp³-hybridized carbons (Fsp3) is 0.0667. The highest BCUT2D eigenvalue weighted by atomic mass is 35.5. The molecule has 0 aliphatic carbocycles. The molecule has 1 aromatic heterocycles. The zero-order valence-electron chi connectivity index (χ0n) is 12.0. The standard InChI is InChI=1S/C15H10Cl2N2O3S2/c16-9-1-3-10(4-2-9)24(21,22)7-13(20)19-12-6-5-11(17)14-15(12)23-8-18-14/h1-6,8H,7H2,(H,19,20). The highest BCUT2D eigenvalue weighted by Gasteiger charge is 2.20. The number of anilines is 1. The molecule has 1 heterocycles. The van der Waals surface area contributed by atoms with Crippen molar-refractivity contribution in [1.82, 2.24) is 4.98 Å². The van der Waals surface area contributed by atoms with Gasteiger partial charge in [0.1, 0.15) is 11.3 Å². The third-order valence-electron chi connectivity index (χ3n) is 3.20. The van der Waals surface area contributed by atoms with Crippen molar-refractivity contribution in [2.24, 2.45) is 0 Å². The first-order valence-electron chi connectivity index (χ1n) is 6.67. The van der Waals surface area contributed by atoms with Gasteiger partial charge in [-0.25, -0.2) is 13.4 Å². The van der Waals surface area contributed by atoms with E-state index >= 15 is 0 Å². The van der Waals surface area contributed by atoms with E-state index < -0.39 is 21.5 Å². The van der Waals surface area contributed by atoms with Gasteiger partial charge in [0.2, 0.25) is 5.91 Å². The maximum atomic E-state index is 12.3. The van der Waals surface area contributed by atoms with Crippen LogP contribution in [0.5, 0.6) is 0 Å². The van der Waals surface area contributed by atoms with Crippen LogP contribution < -0.4 is 5.32 Å². The largest absolute Gasteiger partial charge is 0.324 e. The Labute approximate surface area is 152 Å². The number of halogens is 2. The Hall–Kier alpha value is -1.67. The number of hydrogen-bond acceptors (Lipinski definition) is 5. The summed E-state index contributed by atoms with van der Waals surface area (Å²) in [5.41, 5.74) is 2.66. The topological polar surface area (TPSA) is 76.1 Å². The van der Waals surface area contributed by atoms with Gasteiger partial charge in [-0.05, 0) is 36.4 Å². The molecule has 3 aromatic rings. The first kappa shape index (κ1) is 17.2. The Morgan fingerprint density at radius 2 is 1.83 bits per heavy atom. The smallest absolute Gasteiger partial charge is 0.240 e. The normalized spacial score (nSPS) is 11.6. The molecular formula is C15H10Cl2N2O3S2. The second-order valence-corrected chi connectivity index (χ2v) is 8.57. The van der Waals surface area contributed by atoms with Crippen molar-refractivity contribution >= 4 is 66.2 Å². The molecule has 24 heavy (non-hydrogen) atoms. The molecular weight excluding hydrogens is 391 g/mol. The van der Waals surface area contributed by atoms with E-state index in [1.165, 1.54) is 35.6 Å². The summed E-state index contributed by atoms with van der Waals surface area (Å²) in [5.74, 6) is -1.31. The Morgan fingerprint density at radius 3 is 2.54 bits per heavy atom. The quantitative estimate of drug-likeness (QED) is 0.717. The van der Waals surface area contributed by atoms with E-state index in [1.54, 1.807) is 17.6 Å². The molecule has 0 fully saturated rings. The number of nitrogens with zero attached hydrogens (tertiary/aromatic N) is 1. The first-order valence-corrected chi connectivity index (χ1v) is 9.95. The number of sulfone groups is 1. The Kier molecular flexibility index (Phi) is 4.78. The zero-order valence-corrected chi connectivity index (χ0v) is 15.1.